The molecular weight excluding hydrogens is 360 g/mol. The van der Waals surface area contributed by atoms with E-state index in [1.54, 1.807) is 12.3 Å². The first kappa shape index (κ1) is 15.8. The van der Waals surface area contributed by atoms with E-state index in [0.717, 1.165) is 32.6 Å². The molecule has 119 valence electrons. The number of hydrogen-bond donors (Lipinski definition) is 1. The van der Waals surface area contributed by atoms with Crippen LogP contribution >= 0.6 is 15.9 Å². The summed E-state index contributed by atoms with van der Waals surface area (Å²) < 4.78 is 0.652. The lowest BCUT2D eigenvalue weighted by Gasteiger charge is -2.20. The SMILES string of the molecule is [NH]c1ncc(Br)cc1C(=O)c1cncc(N2CCCNCC2)n1. The van der Waals surface area contributed by atoms with Gasteiger partial charge in [-0.1, -0.05) is 0 Å². The second kappa shape index (κ2) is 7.01. The Balaban J connectivity index is 1.89. The smallest absolute Gasteiger partial charge is 0.216 e. The second-order valence-electron chi connectivity index (χ2n) is 5.23. The van der Waals surface area contributed by atoms with Crippen LogP contribution in [0.5, 0.6) is 0 Å². The van der Waals surface area contributed by atoms with Crippen molar-refractivity contribution in [3.05, 3.63) is 40.4 Å². The highest BCUT2D eigenvalue weighted by atomic mass is 79.9. The molecule has 7 nitrogen and oxygen atoms in total. The van der Waals surface area contributed by atoms with Gasteiger partial charge in [0.1, 0.15) is 11.5 Å². The predicted molar refractivity (Wildman–Crippen MR) is 89.9 cm³/mol. The van der Waals surface area contributed by atoms with Crippen LogP contribution in [-0.4, -0.2) is 46.9 Å². The van der Waals surface area contributed by atoms with E-state index in [1.165, 1.54) is 12.4 Å². The molecule has 2 aromatic heterocycles. The average Bonchev–Trinajstić information content (AvgIpc) is 2.86. The first-order valence-corrected chi connectivity index (χ1v) is 8.14. The summed E-state index contributed by atoms with van der Waals surface area (Å²) in [4.78, 5) is 27.2. The van der Waals surface area contributed by atoms with Crippen LogP contribution in [-0.2, 0) is 0 Å². The largest absolute Gasteiger partial charge is 0.354 e. The number of halogens is 1. The highest BCUT2D eigenvalue weighted by Crippen LogP contribution is 2.20. The molecule has 1 radical (unpaired) electrons. The lowest BCUT2D eigenvalue weighted by Crippen LogP contribution is -2.29. The van der Waals surface area contributed by atoms with E-state index in [2.05, 4.69) is 41.1 Å². The van der Waals surface area contributed by atoms with E-state index in [4.69, 9.17) is 5.73 Å². The zero-order valence-corrected chi connectivity index (χ0v) is 14.0. The van der Waals surface area contributed by atoms with Crippen LogP contribution in [0.2, 0.25) is 0 Å². The number of carbonyl (C=O) groups is 1. The fourth-order valence-electron chi connectivity index (χ4n) is 2.44. The van der Waals surface area contributed by atoms with E-state index in [9.17, 15) is 4.79 Å². The molecule has 1 saturated heterocycles. The molecule has 1 aliphatic heterocycles. The van der Waals surface area contributed by atoms with E-state index in [1.807, 2.05) is 0 Å². The molecule has 23 heavy (non-hydrogen) atoms. The molecule has 0 saturated carbocycles. The number of pyridine rings is 1. The Bertz CT molecular complexity index is 715. The van der Waals surface area contributed by atoms with Crippen molar-refractivity contribution in [1.29, 1.82) is 0 Å². The fraction of sp³-hybridized carbons (Fsp3) is 0.333. The molecule has 1 fully saturated rings. The van der Waals surface area contributed by atoms with Crippen molar-refractivity contribution < 1.29 is 4.79 Å². The fourth-order valence-corrected chi connectivity index (χ4v) is 2.77. The van der Waals surface area contributed by atoms with Crippen molar-refractivity contribution in [2.45, 2.75) is 6.42 Å². The Hall–Kier alpha value is -2.06. The maximum absolute atomic E-state index is 12.6. The van der Waals surface area contributed by atoms with Gasteiger partial charge in [0.2, 0.25) is 5.78 Å². The number of hydrogen-bond acceptors (Lipinski definition) is 6. The van der Waals surface area contributed by atoms with Crippen LogP contribution in [0.4, 0.5) is 11.6 Å². The number of rotatable bonds is 3. The monoisotopic (exact) mass is 375 g/mol. The molecule has 0 atom stereocenters. The third-order valence-electron chi connectivity index (χ3n) is 3.62. The zero-order chi connectivity index (χ0) is 16.2. The summed E-state index contributed by atoms with van der Waals surface area (Å²) in [6.45, 7) is 3.57. The summed E-state index contributed by atoms with van der Waals surface area (Å²) in [5.41, 5.74) is 8.25. The molecule has 8 heteroatoms. The Morgan fingerprint density at radius 1 is 1.26 bits per heavy atom. The van der Waals surface area contributed by atoms with Crippen molar-refractivity contribution >= 4 is 33.3 Å². The molecular formula is C15H16BrN6O. The number of nitrogens with one attached hydrogen (secondary N) is 2. The Kier molecular flexibility index (Phi) is 4.82. The number of carbonyl (C=O) groups excluding carboxylic acids is 1. The van der Waals surface area contributed by atoms with Gasteiger partial charge in [0, 0.05) is 30.3 Å². The van der Waals surface area contributed by atoms with Gasteiger partial charge >= 0.3 is 0 Å². The molecule has 0 bridgehead atoms. The van der Waals surface area contributed by atoms with E-state index < -0.39 is 0 Å². The maximum Gasteiger partial charge on any atom is 0.216 e. The van der Waals surface area contributed by atoms with Crippen LogP contribution in [0.3, 0.4) is 0 Å². The third-order valence-corrected chi connectivity index (χ3v) is 4.05. The van der Waals surface area contributed by atoms with Crippen LogP contribution in [0.15, 0.2) is 29.1 Å². The Morgan fingerprint density at radius 3 is 3.00 bits per heavy atom. The molecule has 0 unspecified atom stereocenters. The van der Waals surface area contributed by atoms with E-state index in [-0.39, 0.29) is 22.9 Å². The quantitative estimate of drug-likeness (QED) is 0.818. The van der Waals surface area contributed by atoms with Crippen molar-refractivity contribution in [3.8, 4) is 0 Å². The van der Waals surface area contributed by atoms with Gasteiger partial charge < -0.3 is 10.2 Å². The topological polar surface area (TPSA) is 94.8 Å². The summed E-state index contributed by atoms with van der Waals surface area (Å²) in [6.07, 6.45) is 5.61. The summed E-state index contributed by atoms with van der Waals surface area (Å²) in [5.74, 6) is 0.282. The molecule has 3 heterocycles. The number of anilines is 1. The van der Waals surface area contributed by atoms with Crippen molar-refractivity contribution in [3.63, 3.8) is 0 Å². The van der Waals surface area contributed by atoms with Gasteiger partial charge in [-0.05, 0) is 35.0 Å². The molecule has 1 aliphatic rings. The minimum atomic E-state index is -0.342. The van der Waals surface area contributed by atoms with Crippen LogP contribution in [0, 0.1) is 0 Å². The van der Waals surface area contributed by atoms with Gasteiger partial charge in [0.05, 0.1) is 18.0 Å². The number of ketones is 1. The van der Waals surface area contributed by atoms with Crippen LogP contribution in [0.25, 0.3) is 0 Å². The summed E-state index contributed by atoms with van der Waals surface area (Å²) in [6, 6.07) is 1.59. The molecule has 0 amide bonds. The number of nitrogens with zero attached hydrogens (tertiary/aromatic N) is 4. The predicted octanol–water partition coefficient (Wildman–Crippen LogP) is 1.58. The van der Waals surface area contributed by atoms with Gasteiger partial charge in [-0.25, -0.2) is 9.97 Å². The average molecular weight is 376 g/mol. The summed E-state index contributed by atoms with van der Waals surface area (Å²) in [7, 11) is 0. The van der Waals surface area contributed by atoms with Crippen LogP contribution in [0.1, 0.15) is 22.5 Å². The molecule has 2 N–H and O–H groups in total. The molecule has 0 aromatic carbocycles. The van der Waals surface area contributed by atoms with Crippen LogP contribution < -0.4 is 16.0 Å². The van der Waals surface area contributed by atoms with Crippen molar-refractivity contribution in [2.24, 2.45) is 0 Å². The lowest BCUT2D eigenvalue weighted by atomic mass is 10.1. The third kappa shape index (κ3) is 3.65. The first-order valence-electron chi connectivity index (χ1n) is 7.35. The molecule has 3 rings (SSSR count). The van der Waals surface area contributed by atoms with E-state index in [0.29, 0.717) is 10.3 Å². The maximum atomic E-state index is 12.6. The zero-order valence-electron chi connectivity index (χ0n) is 12.4. The van der Waals surface area contributed by atoms with Crippen molar-refractivity contribution in [1.82, 2.24) is 26.0 Å². The van der Waals surface area contributed by atoms with Gasteiger partial charge in [-0.3, -0.25) is 15.5 Å². The first-order chi connectivity index (χ1) is 11.1. The summed E-state index contributed by atoms with van der Waals surface area (Å²) >= 11 is 3.27. The minimum absolute atomic E-state index is 0.0654. The second-order valence-corrected chi connectivity index (χ2v) is 6.15. The standard InChI is InChI=1S/C15H16BrN6O/c16-10-6-11(15(17)20-7-10)14(23)12-8-19-9-13(21-12)22-4-1-2-18-3-5-22/h6-9,17-18H,1-5H2. The lowest BCUT2D eigenvalue weighted by molar-refractivity contribution is 0.103. The van der Waals surface area contributed by atoms with E-state index >= 15 is 0 Å². The molecule has 2 aromatic rings. The number of aromatic nitrogens is 3. The highest BCUT2D eigenvalue weighted by molar-refractivity contribution is 9.10. The molecule has 0 spiro atoms. The normalized spacial score (nSPS) is 15.3. The van der Waals surface area contributed by atoms with Gasteiger partial charge in [-0.2, -0.15) is 0 Å². The Morgan fingerprint density at radius 2 is 2.13 bits per heavy atom. The van der Waals surface area contributed by atoms with Crippen molar-refractivity contribution in [2.75, 3.05) is 31.1 Å². The van der Waals surface area contributed by atoms with Gasteiger partial charge in [0.25, 0.3) is 0 Å². The van der Waals surface area contributed by atoms with Gasteiger partial charge in [-0.15, -0.1) is 0 Å². The Labute approximate surface area is 142 Å². The van der Waals surface area contributed by atoms with Gasteiger partial charge in [0.15, 0.2) is 5.82 Å². The summed E-state index contributed by atoms with van der Waals surface area (Å²) in [5, 5.41) is 3.33. The minimum Gasteiger partial charge on any atom is -0.354 e. The highest BCUT2D eigenvalue weighted by Gasteiger charge is 2.18. The molecule has 0 aliphatic carbocycles.